The van der Waals surface area contributed by atoms with Gasteiger partial charge in [0.15, 0.2) is 11.5 Å². The lowest BCUT2D eigenvalue weighted by atomic mass is 9.87. The van der Waals surface area contributed by atoms with Crippen molar-refractivity contribution in [2.75, 3.05) is 33.4 Å². The summed E-state index contributed by atoms with van der Waals surface area (Å²) in [7, 11) is 1.67. The number of benzene rings is 2. The molecule has 28 heavy (non-hydrogen) atoms. The van der Waals surface area contributed by atoms with Crippen LogP contribution in [0.25, 0.3) is 0 Å². The number of hydrogen-bond donors (Lipinski definition) is 1. The number of piperidine rings is 1. The molecule has 0 spiro atoms. The van der Waals surface area contributed by atoms with E-state index < -0.39 is 6.10 Å². The monoisotopic (exact) mass is 381 g/mol. The molecule has 5 rings (SSSR count). The molecule has 0 amide bonds. The number of methoxy groups -OCH3 is 1. The molecule has 2 aromatic rings. The third-order valence-corrected chi connectivity index (χ3v) is 6.50. The number of para-hydroxylation sites is 1. The lowest BCUT2D eigenvalue weighted by Crippen LogP contribution is -2.43. The fraction of sp³-hybridized carbons (Fsp3) is 0.478. The van der Waals surface area contributed by atoms with E-state index in [1.807, 2.05) is 18.2 Å². The Balaban J connectivity index is 1.28. The molecule has 2 aliphatic heterocycles. The van der Waals surface area contributed by atoms with Gasteiger partial charge in [-0.25, -0.2) is 0 Å². The number of likely N-dealkylation sites (tertiary alicyclic amines) is 1. The van der Waals surface area contributed by atoms with E-state index in [0.29, 0.717) is 19.1 Å². The van der Waals surface area contributed by atoms with Crippen LogP contribution >= 0.6 is 0 Å². The van der Waals surface area contributed by atoms with E-state index in [4.69, 9.17) is 14.2 Å². The minimum absolute atomic E-state index is 0.160. The molecule has 1 saturated heterocycles. The first-order valence-electron chi connectivity index (χ1n) is 10.2. The normalized spacial score (nSPS) is 24.8. The van der Waals surface area contributed by atoms with Crippen LogP contribution in [-0.4, -0.2) is 49.5 Å². The van der Waals surface area contributed by atoms with Gasteiger partial charge in [0.1, 0.15) is 19.0 Å². The molecule has 0 saturated carbocycles. The summed E-state index contributed by atoms with van der Waals surface area (Å²) in [6, 6.07) is 12.5. The Morgan fingerprint density at radius 2 is 1.86 bits per heavy atom. The summed E-state index contributed by atoms with van der Waals surface area (Å²) >= 11 is 0. The van der Waals surface area contributed by atoms with E-state index in [1.54, 1.807) is 7.11 Å². The SMILES string of the molecule is COc1ccc2c(c1)[C@@H](O)[C@H](N1CCC(c3cccc4c3OCCO4)CC1)C2. The Labute approximate surface area is 165 Å². The minimum atomic E-state index is -0.442. The molecular formula is C23H27NO4. The third kappa shape index (κ3) is 3.03. The summed E-state index contributed by atoms with van der Waals surface area (Å²) in [5.41, 5.74) is 3.54. The van der Waals surface area contributed by atoms with Gasteiger partial charge in [-0.05, 0) is 67.6 Å². The lowest BCUT2D eigenvalue weighted by Gasteiger charge is -2.38. The second-order valence-corrected chi connectivity index (χ2v) is 7.96. The Kier molecular flexibility index (Phi) is 4.65. The van der Waals surface area contributed by atoms with Crippen molar-refractivity contribution in [3.63, 3.8) is 0 Å². The highest BCUT2D eigenvalue weighted by atomic mass is 16.6. The van der Waals surface area contributed by atoms with Crippen LogP contribution in [0.5, 0.6) is 17.2 Å². The molecule has 1 N–H and O–H groups in total. The molecule has 5 heteroatoms. The summed E-state index contributed by atoms with van der Waals surface area (Å²) in [5, 5.41) is 10.9. The van der Waals surface area contributed by atoms with Crippen LogP contribution in [-0.2, 0) is 6.42 Å². The first-order chi connectivity index (χ1) is 13.7. The maximum Gasteiger partial charge on any atom is 0.164 e. The van der Waals surface area contributed by atoms with Crippen molar-refractivity contribution in [2.24, 2.45) is 0 Å². The average Bonchev–Trinajstić information content (AvgIpc) is 3.09. The number of nitrogens with zero attached hydrogens (tertiary/aromatic N) is 1. The highest BCUT2D eigenvalue weighted by Gasteiger charge is 2.37. The molecule has 5 nitrogen and oxygen atoms in total. The van der Waals surface area contributed by atoms with Crippen molar-refractivity contribution >= 4 is 0 Å². The molecule has 0 bridgehead atoms. The van der Waals surface area contributed by atoms with Gasteiger partial charge in [-0.3, -0.25) is 4.90 Å². The molecule has 0 aromatic heterocycles. The Bertz CT molecular complexity index is 860. The molecule has 2 aromatic carbocycles. The summed E-state index contributed by atoms with van der Waals surface area (Å²) in [6.45, 7) is 3.22. The minimum Gasteiger partial charge on any atom is -0.497 e. The van der Waals surface area contributed by atoms with Gasteiger partial charge in [-0.1, -0.05) is 18.2 Å². The highest BCUT2D eigenvalue weighted by molar-refractivity contribution is 5.49. The van der Waals surface area contributed by atoms with Crippen molar-refractivity contribution in [3.8, 4) is 17.2 Å². The zero-order valence-corrected chi connectivity index (χ0v) is 16.3. The van der Waals surface area contributed by atoms with Gasteiger partial charge < -0.3 is 19.3 Å². The smallest absolute Gasteiger partial charge is 0.164 e. The largest absolute Gasteiger partial charge is 0.497 e. The van der Waals surface area contributed by atoms with Crippen LogP contribution < -0.4 is 14.2 Å². The maximum atomic E-state index is 10.9. The van der Waals surface area contributed by atoms with E-state index >= 15 is 0 Å². The molecule has 2 heterocycles. The van der Waals surface area contributed by atoms with E-state index in [0.717, 1.165) is 55.2 Å². The second kappa shape index (κ2) is 7.30. The van der Waals surface area contributed by atoms with Gasteiger partial charge in [0.2, 0.25) is 0 Å². The van der Waals surface area contributed by atoms with Crippen molar-refractivity contribution in [3.05, 3.63) is 53.1 Å². The molecule has 2 atom stereocenters. The standard InChI is InChI=1S/C23H27NO4/c1-26-17-6-5-16-13-20(22(25)19(16)14-17)24-9-7-15(8-10-24)18-3-2-4-21-23(18)28-12-11-27-21/h2-6,14-15,20,22,25H,7-13H2,1H3/t20-,22-/m1/s1. The number of ether oxygens (including phenoxy) is 3. The summed E-state index contributed by atoms with van der Waals surface area (Å²) < 4.78 is 17.0. The quantitative estimate of drug-likeness (QED) is 0.884. The number of fused-ring (bicyclic) bond motifs is 2. The molecule has 0 unspecified atom stereocenters. The fourth-order valence-electron chi connectivity index (χ4n) is 4.99. The van der Waals surface area contributed by atoms with Crippen LogP contribution in [0.1, 0.15) is 41.6 Å². The zero-order valence-electron chi connectivity index (χ0n) is 16.3. The van der Waals surface area contributed by atoms with Gasteiger partial charge in [0.05, 0.1) is 13.2 Å². The molecule has 0 radical (unpaired) electrons. The van der Waals surface area contributed by atoms with E-state index in [-0.39, 0.29) is 6.04 Å². The first-order valence-corrected chi connectivity index (χ1v) is 10.2. The highest BCUT2D eigenvalue weighted by Crippen LogP contribution is 2.43. The zero-order chi connectivity index (χ0) is 19.1. The second-order valence-electron chi connectivity index (χ2n) is 7.96. The fourth-order valence-corrected chi connectivity index (χ4v) is 4.99. The van der Waals surface area contributed by atoms with Crippen LogP contribution in [0.15, 0.2) is 36.4 Å². The van der Waals surface area contributed by atoms with Crippen molar-refractivity contribution in [1.29, 1.82) is 0 Å². The predicted molar refractivity (Wildman–Crippen MR) is 106 cm³/mol. The van der Waals surface area contributed by atoms with E-state index in [2.05, 4.69) is 23.1 Å². The average molecular weight is 381 g/mol. The van der Waals surface area contributed by atoms with Gasteiger partial charge in [0.25, 0.3) is 0 Å². The number of aliphatic hydroxyl groups is 1. The lowest BCUT2D eigenvalue weighted by molar-refractivity contribution is 0.0453. The Morgan fingerprint density at radius 1 is 1.04 bits per heavy atom. The van der Waals surface area contributed by atoms with E-state index in [1.165, 1.54) is 11.1 Å². The van der Waals surface area contributed by atoms with Gasteiger partial charge in [-0.2, -0.15) is 0 Å². The molecule has 3 aliphatic rings. The summed E-state index contributed by atoms with van der Waals surface area (Å²) in [5.74, 6) is 3.11. The Hall–Kier alpha value is -2.24. The predicted octanol–water partition coefficient (Wildman–Crippen LogP) is 3.30. The Morgan fingerprint density at radius 3 is 2.68 bits per heavy atom. The van der Waals surface area contributed by atoms with Crippen LogP contribution in [0.4, 0.5) is 0 Å². The van der Waals surface area contributed by atoms with Crippen molar-refractivity contribution in [2.45, 2.75) is 37.3 Å². The molecule has 1 fully saturated rings. The third-order valence-electron chi connectivity index (χ3n) is 6.50. The van der Waals surface area contributed by atoms with Crippen LogP contribution in [0, 0.1) is 0 Å². The van der Waals surface area contributed by atoms with E-state index in [9.17, 15) is 5.11 Å². The van der Waals surface area contributed by atoms with Crippen molar-refractivity contribution < 1.29 is 19.3 Å². The molecule has 148 valence electrons. The first kappa shape index (κ1) is 17.8. The topological polar surface area (TPSA) is 51.2 Å². The van der Waals surface area contributed by atoms with Crippen molar-refractivity contribution in [1.82, 2.24) is 4.90 Å². The van der Waals surface area contributed by atoms with Gasteiger partial charge >= 0.3 is 0 Å². The van der Waals surface area contributed by atoms with Crippen LogP contribution in [0.2, 0.25) is 0 Å². The van der Waals surface area contributed by atoms with Gasteiger partial charge in [0, 0.05) is 11.6 Å². The summed E-state index contributed by atoms with van der Waals surface area (Å²) in [6.07, 6.45) is 2.61. The maximum absolute atomic E-state index is 10.9. The van der Waals surface area contributed by atoms with Gasteiger partial charge in [-0.15, -0.1) is 0 Å². The molecule has 1 aliphatic carbocycles. The number of hydrogen-bond acceptors (Lipinski definition) is 5. The number of aliphatic hydroxyl groups excluding tert-OH is 1. The van der Waals surface area contributed by atoms with Crippen LogP contribution in [0.3, 0.4) is 0 Å². The summed E-state index contributed by atoms with van der Waals surface area (Å²) in [4.78, 5) is 2.46. The number of rotatable bonds is 3. The molecular weight excluding hydrogens is 354 g/mol.